The van der Waals surface area contributed by atoms with Gasteiger partial charge in [0.1, 0.15) is 6.07 Å². The van der Waals surface area contributed by atoms with Crippen molar-refractivity contribution in [3.05, 3.63) is 29.8 Å². The molecule has 1 atom stereocenters. The van der Waals surface area contributed by atoms with E-state index in [1.54, 1.807) is 24.3 Å². The number of rotatable bonds is 5. The number of nitrogens with one attached hydrogen (secondary N) is 2. The molecule has 2 N–H and O–H groups in total. The molecule has 0 radical (unpaired) electrons. The van der Waals surface area contributed by atoms with Crippen LogP contribution in [-0.2, 0) is 0 Å². The molecule has 1 unspecified atom stereocenters. The maximum Gasteiger partial charge on any atom is 0.319 e. The molecule has 1 aliphatic heterocycles. The number of amides is 2. The maximum atomic E-state index is 12.2. The number of hydrogen-bond acceptors (Lipinski definition) is 4. The predicted molar refractivity (Wildman–Crippen MR) is 95.9 cm³/mol. The van der Waals surface area contributed by atoms with Gasteiger partial charge < -0.3 is 15.5 Å². The standard InChI is InChI=1S/C18H27N5O/c1-14(2)17(23-10-8-22(3)9-11-23)13-20-18(24)21-16-7-5-4-6-15(16)12-19/h4-7,14,17H,8-11,13H2,1-3H3,(H2,20,21,24). The minimum Gasteiger partial charge on any atom is -0.336 e. The van der Waals surface area contributed by atoms with Gasteiger partial charge in [0, 0.05) is 38.8 Å². The van der Waals surface area contributed by atoms with E-state index >= 15 is 0 Å². The van der Waals surface area contributed by atoms with E-state index in [9.17, 15) is 4.79 Å². The first-order valence-electron chi connectivity index (χ1n) is 8.48. The first kappa shape index (κ1) is 18.2. The summed E-state index contributed by atoms with van der Waals surface area (Å²) >= 11 is 0. The van der Waals surface area contributed by atoms with Crippen LogP contribution in [0.5, 0.6) is 0 Å². The summed E-state index contributed by atoms with van der Waals surface area (Å²) in [5.41, 5.74) is 1.00. The van der Waals surface area contributed by atoms with Crippen LogP contribution in [0.2, 0.25) is 0 Å². The first-order valence-corrected chi connectivity index (χ1v) is 8.48. The third-order valence-electron chi connectivity index (χ3n) is 4.54. The molecule has 1 aliphatic rings. The highest BCUT2D eigenvalue weighted by Gasteiger charge is 2.25. The number of nitriles is 1. The van der Waals surface area contributed by atoms with Crippen LogP contribution in [0.3, 0.4) is 0 Å². The number of carbonyl (C=O) groups is 1. The molecule has 0 aromatic heterocycles. The van der Waals surface area contributed by atoms with Crippen LogP contribution in [0.15, 0.2) is 24.3 Å². The lowest BCUT2D eigenvalue weighted by Crippen LogP contribution is -2.54. The number of para-hydroxylation sites is 1. The molecular weight excluding hydrogens is 302 g/mol. The monoisotopic (exact) mass is 329 g/mol. The molecule has 0 saturated carbocycles. The van der Waals surface area contributed by atoms with Crippen molar-refractivity contribution >= 4 is 11.7 Å². The highest BCUT2D eigenvalue weighted by molar-refractivity contribution is 5.90. The Morgan fingerprint density at radius 3 is 2.54 bits per heavy atom. The normalized spacial score (nSPS) is 17.3. The fourth-order valence-corrected chi connectivity index (χ4v) is 2.99. The molecule has 130 valence electrons. The average Bonchev–Trinajstić information content (AvgIpc) is 2.57. The van der Waals surface area contributed by atoms with E-state index < -0.39 is 0 Å². The van der Waals surface area contributed by atoms with Crippen molar-refractivity contribution < 1.29 is 4.79 Å². The Bertz CT molecular complexity index is 587. The Balaban J connectivity index is 1.89. The molecule has 0 aliphatic carbocycles. The van der Waals surface area contributed by atoms with Crippen LogP contribution < -0.4 is 10.6 Å². The number of likely N-dealkylation sites (N-methyl/N-ethyl adjacent to an activating group) is 1. The highest BCUT2D eigenvalue weighted by Crippen LogP contribution is 2.14. The molecule has 6 heteroatoms. The van der Waals surface area contributed by atoms with Crippen LogP contribution >= 0.6 is 0 Å². The summed E-state index contributed by atoms with van der Waals surface area (Å²) in [5.74, 6) is 0.458. The van der Waals surface area contributed by atoms with Crippen molar-refractivity contribution in [2.45, 2.75) is 19.9 Å². The second kappa shape index (κ2) is 8.67. The van der Waals surface area contributed by atoms with E-state index in [1.165, 1.54) is 0 Å². The summed E-state index contributed by atoms with van der Waals surface area (Å²) in [6.07, 6.45) is 0. The van der Waals surface area contributed by atoms with Gasteiger partial charge in [0.2, 0.25) is 0 Å². The van der Waals surface area contributed by atoms with E-state index in [1.807, 2.05) is 0 Å². The number of hydrogen-bond donors (Lipinski definition) is 2. The van der Waals surface area contributed by atoms with Crippen molar-refractivity contribution in [2.24, 2.45) is 5.92 Å². The predicted octanol–water partition coefficient (Wildman–Crippen LogP) is 1.95. The Morgan fingerprint density at radius 1 is 1.25 bits per heavy atom. The van der Waals surface area contributed by atoms with Crippen molar-refractivity contribution in [2.75, 3.05) is 45.1 Å². The van der Waals surface area contributed by atoms with Gasteiger partial charge >= 0.3 is 6.03 Å². The van der Waals surface area contributed by atoms with E-state index in [2.05, 4.69) is 47.4 Å². The van der Waals surface area contributed by atoms with Gasteiger partial charge in [0.15, 0.2) is 0 Å². The van der Waals surface area contributed by atoms with E-state index in [0.717, 1.165) is 26.2 Å². The highest BCUT2D eigenvalue weighted by atomic mass is 16.2. The topological polar surface area (TPSA) is 71.4 Å². The molecule has 1 saturated heterocycles. The molecule has 0 spiro atoms. The number of piperazine rings is 1. The van der Waals surface area contributed by atoms with Crippen LogP contribution in [0, 0.1) is 17.2 Å². The largest absolute Gasteiger partial charge is 0.336 e. The van der Waals surface area contributed by atoms with E-state index in [4.69, 9.17) is 5.26 Å². The minimum absolute atomic E-state index is 0.266. The van der Waals surface area contributed by atoms with Gasteiger partial charge in [-0.3, -0.25) is 4.90 Å². The summed E-state index contributed by atoms with van der Waals surface area (Å²) in [6.45, 7) is 9.15. The zero-order valence-electron chi connectivity index (χ0n) is 14.7. The lowest BCUT2D eigenvalue weighted by atomic mass is 10.0. The smallest absolute Gasteiger partial charge is 0.319 e. The van der Waals surface area contributed by atoms with Gasteiger partial charge in [-0.05, 0) is 25.1 Å². The van der Waals surface area contributed by atoms with Crippen molar-refractivity contribution in [1.29, 1.82) is 5.26 Å². The zero-order valence-corrected chi connectivity index (χ0v) is 14.7. The van der Waals surface area contributed by atoms with Gasteiger partial charge in [-0.1, -0.05) is 26.0 Å². The summed E-state index contributed by atoms with van der Waals surface area (Å²) in [4.78, 5) is 17.0. The first-order chi connectivity index (χ1) is 11.5. The fraction of sp³-hybridized carbons (Fsp3) is 0.556. The number of urea groups is 1. The zero-order chi connectivity index (χ0) is 17.5. The average molecular weight is 329 g/mol. The lowest BCUT2D eigenvalue weighted by Gasteiger charge is -2.39. The lowest BCUT2D eigenvalue weighted by molar-refractivity contribution is 0.0890. The van der Waals surface area contributed by atoms with Crippen LogP contribution in [-0.4, -0.2) is 61.6 Å². The summed E-state index contributed by atoms with van der Waals surface area (Å²) in [6, 6.07) is 9.14. The number of carbonyl (C=O) groups excluding carboxylic acids is 1. The second-order valence-corrected chi connectivity index (χ2v) is 6.64. The summed E-state index contributed by atoms with van der Waals surface area (Å²) < 4.78 is 0. The number of anilines is 1. The summed E-state index contributed by atoms with van der Waals surface area (Å²) in [5, 5.41) is 14.8. The Kier molecular flexibility index (Phi) is 6.59. The van der Waals surface area contributed by atoms with Crippen molar-refractivity contribution in [1.82, 2.24) is 15.1 Å². The van der Waals surface area contributed by atoms with Crippen molar-refractivity contribution in [3.8, 4) is 6.07 Å². The third kappa shape index (κ3) is 4.95. The quantitative estimate of drug-likeness (QED) is 0.866. The number of nitrogens with zero attached hydrogens (tertiary/aromatic N) is 3. The number of benzene rings is 1. The molecule has 2 rings (SSSR count). The Hall–Kier alpha value is -2.10. The summed E-state index contributed by atoms with van der Waals surface area (Å²) in [7, 11) is 2.14. The molecule has 24 heavy (non-hydrogen) atoms. The van der Waals surface area contributed by atoms with Gasteiger partial charge in [0.05, 0.1) is 11.3 Å². The van der Waals surface area contributed by atoms with Crippen LogP contribution in [0.1, 0.15) is 19.4 Å². The molecule has 0 bridgehead atoms. The minimum atomic E-state index is -0.266. The van der Waals surface area contributed by atoms with Gasteiger partial charge in [-0.25, -0.2) is 4.79 Å². The molecule has 1 aromatic carbocycles. The molecule has 1 fully saturated rings. The molecule has 2 amide bonds. The molecule has 1 heterocycles. The molecule has 6 nitrogen and oxygen atoms in total. The Labute approximate surface area is 144 Å². The van der Waals surface area contributed by atoms with Crippen LogP contribution in [0.25, 0.3) is 0 Å². The van der Waals surface area contributed by atoms with Crippen LogP contribution in [0.4, 0.5) is 10.5 Å². The molecule has 1 aromatic rings. The Morgan fingerprint density at radius 2 is 1.92 bits per heavy atom. The maximum absolute atomic E-state index is 12.2. The van der Waals surface area contributed by atoms with E-state index in [0.29, 0.717) is 29.8 Å². The van der Waals surface area contributed by atoms with E-state index in [-0.39, 0.29) is 6.03 Å². The van der Waals surface area contributed by atoms with Gasteiger partial charge in [-0.2, -0.15) is 5.26 Å². The second-order valence-electron chi connectivity index (χ2n) is 6.64. The SMILES string of the molecule is CC(C)C(CNC(=O)Nc1ccccc1C#N)N1CCN(C)CC1. The molecular formula is C18H27N5O. The third-order valence-corrected chi connectivity index (χ3v) is 4.54. The van der Waals surface area contributed by atoms with Crippen molar-refractivity contribution in [3.63, 3.8) is 0 Å². The fourth-order valence-electron chi connectivity index (χ4n) is 2.99. The van der Waals surface area contributed by atoms with Gasteiger partial charge in [-0.15, -0.1) is 0 Å². The van der Waals surface area contributed by atoms with Gasteiger partial charge in [0.25, 0.3) is 0 Å².